The van der Waals surface area contributed by atoms with Gasteiger partial charge in [0, 0.05) is 69.5 Å². The van der Waals surface area contributed by atoms with E-state index in [1.165, 1.54) is 4.90 Å². The number of nitrogens with zero attached hydrogens (tertiary/aromatic N) is 8. The number of aromatic nitrogens is 4. The molecule has 2 unspecified atom stereocenters. The van der Waals surface area contributed by atoms with E-state index in [2.05, 4.69) is 30.7 Å². The molecule has 0 aliphatic carbocycles. The maximum atomic E-state index is 17.1. The highest BCUT2D eigenvalue weighted by molar-refractivity contribution is 7.13. The number of β-amino-alcohol motifs (C(OH)–C–C–N with tert-alkyl or cyclic N) is 1. The minimum atomic E-state index is -1.35. The first-order valence-electron chi connectivity index (χ1n) is 29.8. The summed E-state index contributed by atoms with van der Waals surface area (Å²) in [5, 5.41) is 33.4. The molecule has 0 spiro atoms. The van der Waals surface area contributed by atoms with Crippen LogP contribution in [0.2, 0.25) is 0 Å². The maximum Gasteiger partial charge on any atom is 0.319 e. The van der Waals surface area contributed by atoms with Crippen LogP contribution in [0.1, 0.15) is 109 Å². The van der Waals surface area contributed by atoms with Gasteiger partial charge in [-0.1, -0.05) is 70.2 Å². The number of alkyl halides is 1. The molecule has 0 radical (unpaired) electrons. The number of thiazole rings is 1. The van der Waals surface area contributed by atoms with Crippen molar-refractivity contribution in [2.75, 3.05) is 70.4 Å². The summed E-state index contributed by atoms with van der Waals surface area (Å²) in [6.07, 6.45) is 6.42. The third kappa shape index (κ3) is 12.8. The molecule has 5 fully saturated rings. The minimum absolute atomic E-state index is 0.00747. The molecule has 3 amide bonds. The van der Waals surface area contributed by atoms with Gasteiger partial charge < -0.3 is 40.7 Å². The number of halogens is 2. The van der Waals surface area contributed by atoms with E-state index in [1.54, 1.807) is 29.7 Å². The fourth-order valence-corrected chi connectivity index (χ4v) is 14.2. The number of benzene rings is 3. The first kappa shape index (κ1) is 58.3. The summed E-state index contributed by atoms with van der Waals surface area (Å²) < 4.78 is 40.1. The smallest absolute Gasteiger partial charge is 0.319 e. The highest BCUT2D eigenvalue weighted by Gasteiger charge is 2.46. The van der Waals surface area contributed by atoms with Crippen LogP contribution in [0, 0.1) is 24.1 Å². The number of fused-ring (bicyclic) bond motifs is 4. The van der Waals surface area contributed by atoms with Gasteiger partial charge in [-0.15, -0.1) is 11.3 Å². The largest absolute Gasteiger partial charge is 0.508 e. The first-order valence-corrected chi connectivity index (χ1v) is 30.6. The second-order valence-electron chi connectivity index (χ2n) is 25.1. The second-order valence-corrected chi connectivity index (χ2v) is 25.9. The molecule has 5 saturated heterocycles. The highest BCUT2D eigenvalue weighted by Crippen LogP contribution is 2.41. The van der Waals surface area contributed by atoms with Crippen molar-refractivity contribution < 1.29 is 38.1 Å². The molecule has 3 aromatic heterocycles. The number of aliphatic hydroxyl groups excluding tert-OH is 1. The topological polar surface area (TPSA) is 202 Å². The van der Waals surface area contributed by atoms with Crippen LogP contribution in [-0.2, 0) is 20.8 Å². The van der Waals surface area contributed by atoms with Crippen molar-refractivity contribution in [2.24, 2.45) is 11.3 Å². The lowest BCUT2D eigenvalue weighted by molar-refractivity contribution is -0.144. The number of phenols is 1. The van der Waals surface area contributed by atoms with Crippen LogP contribution in [-0.4, -0.2) is 164 Å². The van der Waals surface area contributed by atoms with Gasteiger partial charge in [-0.2, -0.15) is 9.97 Å². The Labute approximate surface area is 488 Å². The van der Waals surface area contributed by atoms with Gasteiger partial charge in [0.2, 0.25) is 17.7 Å². The average Bonchev–Trinajstić information content (AvgIpc) is 3.70. The van der Waals surface area contributed by atoms with Crippen molar-refractivity contribution in [1.82, 2.24) is 50.6 Å². The van der Waals surface area contributed by atoms with E-state index in [0.717, 1.165) is 96.3 Å². The van der Waals surface area contributed by atoms with Crippen molar-refractivity contribution in [3.63, 3.8) is 0 Å². The van der Waals surface area contributed by atoms with Gasteiger partial charge in [0.15, 0.2) is 5.82 Å². The van der Waals surface area contributed by atoms with Gasteiger partial charge in [-0.05, 0) is 129 Å². The molecule has 83 heavy (non-hydrogen) atoms. The standard InChI is InChI=1S/C63H79F2N11O6S/c1-7-40-9-8-10-43-27-46(77)28-48(52(40)43)54-53(64)55-49(31-66-54)58(75-32-44-15-16-45(33-75)69-44)72-61(71-55)82-26-25-73-21-17-39(18-22-73)30-63(65)19-23-74(24-20-63)35-51(79)70-57(62(4,5)6)60(81)76-34-47(78)29-50(76)59(80)68-37(2)41-11-13-42(14-12-41)56-38(3)67-36-83-56/h8-14,27-28,31,36-37,39,44-45,47,50,57,69,77-78H,7,15-26,29-30,32-35H2,1-6H3,(H,68,80)(H,70,79)/t37-,44?,45?,47+,50-,57+/m0/s1. The highest BCUT2D eigenvalue weighted by atomic mass is 32.1. The summed E-state index contributed by atoms with van der Waals surface area (Å²) in [5.41, 5.74) is 4.38. The van der Waals surface area contributed by atoms with E-state index in [9.17, 15) is 24.6 Å². The number of aliphatic hydroxyl groups is 1. The van der Waals surface area contributed by atoms with Crippen LogP contribution >= 0.6 is 11.3 Å². The van der Waals surface area contributed by atoms with Crippen molar-refractivity contribution >= 4 is 56.6 Å². The lowest BCUT2D eigenvalue weighted by Crippen LogP contribution is -2.59. The number of hydrogen-bond acceptors (Lipinski definition) is 15. The quantitative estimate of drug-likeness (QED) is 0.0584. The zero-order chi connectivity index (χ0) is 58.3. The third-order valence-electron chi connectivity index (χ3n) is 18.0. The lowest BCUT2D eigenvalue weighted by Gasteiger charge is -2.40. The molecule has 5 aliphatic rings. The molecular formula is C63H79F2N11O6S. The number of nitrogens with one attached hydrogen (secondary N) is 3. The molecular weight excluding hydrogens is 1080 g/mol. The van der Waals surface area contributed by atoms with Crippen molar-refractivity contribution in [3.05, 3.63) is 88.9 Å². The number of likely N-dealkylation sites (tertiary alicyclic amines) is 3. The van der Waals surface area contributed by atoms with Crippen LogP contribution < -0.4 is 25.6 Å². The first-order chi connectivity index (χ1) is 39.8. The number of anilines is 1. The Kier molecular flexibility index (Phi) is 17.1. The molecule has 20 heteroatoms. The van der Waals surface area contributed by atoms with Gasteiger partial charge >= 0.3 is 6.01 Å². The van der Waals surface area contributed by atoms with E-state index in [4.69, 9.17) is 19.7 Å². The summed E-state index contributed by atoms with van der Waals surface area (Å²) >= 11 is 1.57. The molecule has 6 atom stereocenters. The lowest BCUT2D eigenvalue weighted by atomic mass is 9.80. The van der Waals surface area contributed by atoms with E-state index < -0.39 is 41.0 Å². The van der Waals surface area contributed by atoms with E-state index in [1.807, 2.05) is 94.4 Å². The molecule has 17 nitrogen and oxygen atoms in total. The fraction of sp³-hybridized carbons (Fsp3) is 0.540. The number of aromatic hydroxyl groups is 1. The maximum absolute atomic E-state index is 17.1. The molecule has 442 valence electrons. The number of piperazine rings is 1. The zero-order valence-corrected chi connectivity index (χ0v) is 49.4. The summed E-state index contributed by atoms with van der Waals surface area (Å²) in [5.74, 6) is -0.930. The van der Waals surface area contributed by atoms with Crippen LogP contribution in [0.25, 0.3) is 43.4 Å². The average molecular weight is 1160 g/mol. The van der Waals surface area contributed by atoms with E-state index in [0.29, 0.717) is 67.7 Å². The number of carbonyl (C=O) groups is 3. The third-order valence-corrected chi connectivity index (χ3v) is 19.0. The van der Waals surface area contributed by atoms with Crippen molar-refractivity contribution in [3.8, 4) is 33.5 Å². The Morgan fingerprint density at radius 1 is 0.940 bits per heavy atom. The van der Waals surface area contributed by atoms with Gasteiger partial charge in [0.25, 0.3) is 0 Å². The van der Waals surface area contributed by atoms with Crippen LogP contribution in [0.4, 0.5) is 14.6 Å². The summed E-state index contributed by atoms with van der Waals surface area (Å²) in [6, 6.07) is 15.5. The van der Waals surface area contributed by atoms with Gasteiger partial charge in [-0.25, -0.2) is 13.8 Å². The normalized spacial score (nSPS) is 22.3. The Hall–Kier alpha value is -6.45. The molecule has 5 aliphatic heterocycles. The summed E-state index contributed by atoms with van der Waals surface area (Å²) in [7, 11) is 0. The molecule has 6 aromatic rings. The predicted molar refractivity (Wildman–Crippen MR) is 319 cm³/mol. The Bertz CT molecular complexity index is 3330. The van der Waals surface area contributed by atoms with Crippen LogP contribution in [0.15, 0.2) is 66.3 Å². The van der Waals surface area contributed by atoms with Crippen LogP contribution in [0.5, 0.6) is 11.8 Å². The molecule has 2 bridgehead atoms. The molecule has 5 N–H and O–H groups in total. The Morgan fingerprint density at radius 3 is 2.36 bits per heavy atom. The van der Waals surface area contributed by atoms with Crippen LogP contribution in [0.3, 0.4) is 0 Å². The molecule has 11 rings (SSSR count). The number of phenolic OH excluding ortho intramolecular Hbond substituents is 1. The molecule has 8 heterocycles. The zero-order valence-electron chi connectivity index (χ0n) is 48.6. The number of aryl methyl sites for hydroxylation is 2. The number of hydrogen-bond donors (Lipinski definition) is 5. The number of rotatable bonds is 17. The van der Waals surface area contributed by atoms with Gasteiger partial charge in [0.05, 0.1) is 40.2 Å². The second kappa shape index (κ2) is 24.3. The van der Waals surface area contributed by atoms with Gasteiger partial charge in [0.1, 0.15) is 47.1 Å². The number of pyridine rings is 1. The summed E-state index contributed by atoms with van der Waals surface area (Å²) in [6.45, 7) is 16.2. The summed E-state index contributed by atoms with van der Waals surface area (Å²) in [4.78, 5) is 69.5. The Morgan fingerprint density at radius 2 is 1.67 bits per heavy atom. The fourth-order valence-electron chi connectivity index (χ4n) is 13.4. The van der Waals surface area contributed by atoms with Gasteiger partial charge in [-0.3, -0.25) is 29.2 Å². The predicted octanol–water partition coefficient (Wildman–Crippen LogP) is 8.28. The number of ether oxygens (including phenoxy) is 1. The molecule has 3 aromatic carbocycles. The Balaban J connectivity index is 0.662. The van der Waals surface area contributed by atoms with Crippen molar-refractivity contribution in [1.29, 1.82) is 0 Å². The van der Waals surface area contributed by atoms with E-state index >= 15 is 8.78 Å². The number of piperidine rings is 2. The van der Waals surface area contributed by atoms with Crippen molar-refractivity contribution in [2.45, 2.75) is 141 Å². The SMILES string of the molecule is CCc1cccc2cc(O)cc(-c3ncc4c(N5CC6CCC(C5)N6)nc(OCCN5CCC(CC6(F)CCN(CC(=O)N[C@H](C(=O)N7C[C@H](O)C[C@H]7C(=O)N[C@@H](C)c7ccc(-c8scnc8C)cc7)C(C)(C)C)CC6)CC5)nc4c3F)c12. The van der Waals surface area contributed by atoms with E-state index in [-0.39, 0.29) is 72.9 Å². The number of carbonyl (C=O) groups excluding carboxylic acids is 3. The monoisotopic (exact) mass is 1160 g/mol. The number of amides is 3. The molecule has 0 saturated carbocycles. The minimum Gasteiger partial charge on any atom is -0.508 e.